The average Bonchev–Trinajstić information content (AvgIpc) is 2.84. The van der Waals surface area contributed by atoms with Crippen LogP contribution in [0.15, 0.2) is 96.0 Å². The molecule has 0 N–H and O–H groups in total. The van der Waals surface area contributed by atoms with Crippen LogP contribution in [0.1, 0.15) is 18.1 Å². The predicted molar refractivity (Wildman–Crippen MR) is 141 cm³/mol. The summed E-state index contributed by atoms with van der Waals surface area (Å²) in [4.78, 5) is 4.58. The molecule has 34 heavy (non-hydrogen) atoms. The Morgan fingerprint density at radius 1 is 0.853 bits per heavy atom. The fourth-order valence-corrected chi connectivity index (χ4v) is 4.00. The minimum Gasteiger partial charge on any atom is -0.490 e. The zero-order chi connectivity index (χ0) is 23.8. The molecule has 4 aromatic carbocycles. The number of nitrogens with zero attached hydrogens (tertiary/aromatic N) is 1. The maximum atomic E-state index is 13.5. The van der Waals surface area contributed by atoms with Crippen LogP contribution in [0.25, 0.3) is 0 Å². The number of hydrogen-bond acceptors (Lipinski definition) is 4. The normalized spacial score (nSPS) is 10.9. The highest BCUT2D eigenvalue weighted by atomic mass is 127. The van der Waals surface area contributed by atoms with Crippen LogP contribution in [0, 0.1) is 9.39 Å². The molecule has 0 unspecified atom stereocenters. The summed E-state index contributed by atoms with van der Waals surface area (Å²) in [5.41, 5.74) is 2.44. The molecule has 0 saturated carbocycles. The Hall–Kier alpha value is -3.39. The maximum absolute atomic E-state index is 13.5. The minimum atomic E-state index is -0.285. The van der Waals surface area contributed by atoms with E-state index in [1.54, 1.807) is 12.3 Å². The molecule has 6 heteroatoms. The topological polar surface area (TPSA) is 40.0 Å². The molecule has 0 atom stereocenters. The highest BCUT2D eigenvalue weighted by Crippen LogP contribution is 2.35. The molecular formula is C28H23FINO3. The lowest BCUT2D eigenvalue weighted by Gasteiger charge is -2.15. The number of halogens is 2. The Bertz CT molecular complexity index is 1260. The van der Waals surface area contributed by atoms with Crippen LogP contribution in [0.2, 0.25) is 0 Å². The van der Waals surface area contributed by atoms with Crippen LogP contribution >= 0.6 is 22.6 Å². The van der Waals surface area contributed by atoms with Crippen molar-refractivity contribution in [2.75, 3.05) is 6.61 Å². The van der Waals surface area contributed by atoms with Gasteiger partial charge in [0.2, 0.25) is 0 Å². The van der Waals surface area contributed by atoms with Crippen LogP contribution in [0.5, 0.6) is 23.0 Å². The Kier molecular flexibility index (Phi) is 8.14. The van der Waals surface area contributed by atoms with Crippen molar-refractivity contribution in [2.24, 2.45) is 4.99 Å². The van der Waals surface area contributed by atoms with E-state index in [4.69, 9.17) is 14.2 Å². The van der Waals surface area contributed by atoms with E-state index >= 15 is 0 Å². The van der Waals surface area contributed by atoms with Crippen molar-refractivity contribution in [1.29, 1.82) is 0 Å². The predicted octanol–water partition coefficient (Wildman–Crippen LogP) is 7.95. The first-order chi connectivity index (χ1) is 16.6. The van der Waals surface area contributed by atoms with Gasteiger partial charge in [-0.15, -0.1) is 0 Å². The third-order valence-corrected chi connectivity index (χ3v) is 5.58. The van der Waals surface area contributed by atoms with Crippen molar-refractivity contribution >= 4 is 34.5 Å². The standard InChI is InChI=1S/C28H23FINO3/c1-2-32-27-17-21(16-26(30)28(27)33-19-20-7-6-8-22(29)15-20)18-31-23-11-13-25(14-12-23)34-24-9-4-3-5-10-24/h3-18H,2,19H2,1H3. The molecular weight excluding hydrogens is 544 g/mol. The molecule has 0 aliphatic carbocycles. The van der Waals surface area contributed by atoms with E-state index in [-0.39, 0.29) is 12.4 Å². The molecule has 0 fully saturated rings. The molecule has 0 radical (unpaired) electrons. The van der Waals surface area contributed by atoms with Gasteiger partial charge in [-0.2, -0.15) is 0 Å². The summed E-state index contributed by atoms with van der Waals surface area (Å²) in [5, 5.41) is 0. The Labute approximate surface area is 212 Å². The largest absolute Gasteiger partial charge is 0.490 e. The summed E-state index contributed by atoms with van der Waals surface area (Å²) in [6, 6.07) is 27.5. The van der Waals surface area contributed by atoms with Gasteiger partial charge in [-0.25, -0.2) is 4.39 Å². The van der Waals surface area contributed by atoms with Gasteiger partial charge in [0.25, 0.3) is 0 Å². The van der Waals surface area contributed by atoms with Gasteiger partial charge >= 0.3 is 0 Å². The smallest absolute Gasteiger partial charge is 0.175 e. The molecule has 4 rings (SSSR count). The van der Waals surface area contributed by atoms with Crippen molar-refractivity contribution in [1.82, 2.24) is 0 Å². The quantitative estimate of drug-likeness (QED) is 0.152. The third kappa shape index (κ3) is 6.57. The monoisotopic (exact) mass is 567 g/mol. The number of para-hydroxylation sites is 1. The lowest BCUT2D eigenvalue weighted by atomic mass is 10.2. The van der Waals surface area contributed by atoms with E-state index in [2.05, 4.69) is 27.6 Å². The summed E-state index contributed by atoms with van der Waals surface area (Å²) in [7, 11) is 0. The first kappa shape index (κ1) is 23.8. The van der Waals surface area contributed by atoms with E-state index in [1.165, 1.54) is 12.1 Å². The van der Waals surface area contributed by atoms with Gasteiger partial charge in [-0.05, 0) is 101 Å². The van der Waals surface area contributed by atoms with Gasteiger partial charge in [-0.3, -0.25) is 4.99 Å². The number of aliphatic imine (C=N–C) groups is 1. The molecule has 4 aromatic rings. The van der Waals surface area contributed by atoms with E-state index in [0.717, 1.165) is 31.9 Å². The van der Waals surface area contributed by atoms with Crippen molar-refractivity contribution in [2.45, 2.75) is 13.5 Å². The van der Waals surface area contributed by atoms with E-state index < -0.39 is 0 Å². The molecule has 0 spiro atoms. The lowest BCUT2D eigenvalue weighted by molar-refractivity contribution is 0.267. The van der Waals surface area contributed by atoms with Crippen molar-refractivity contribution in [3.8, 4) is 23.0 Å². The van der Waals surface area contributed by atoms with Crippen molar-refractivity contribution in [3.63, 3.8) is 0 Å². The van der Waals surface area contributed by atoms with Gasteiger partial charge < -0.3 is 14.2 Å². The highest BCUT2D eigenvalue weighted by Gasteiger charge is 2.12. The molecule has 0 aliphatic rings. The van der Waals surface area contributed by atoms with E-state index in [9.17, 15) is 4.39 Å². The van der Waals surface area contributed by atoms with Gasteiger partial charge in [0, 0.05) is 6.21 Å². The molecule has 0 amide bonds. The zero-order valence-electron chi connectivity index (χ0n) is 18.6. The molecule has 172 valence electrons. The fraction of sp³-hybridized carbons (Fsp3) is 0.107. The molecule has 4 nitrogen and oxygen atoms in total. The van der Waals surface area contributed by atoms with Crippen LogP contribution in [0.3, 0.4) is 0 Å². The molecule has 0 saturated heterocycles. The van der Waals surface area contributed by atoms with Crippen LogP contribution < -0.4 is 14.2 Å². The SMILES string of the molecule is CCOc1cc(C=Nc2ccc(Oc3ccccc3)cc2)cc(I)c1OCc1cccc(F)c1. The number of benzene rings is 4. The summed E-state index contributed by atoms with van der Waals surface area (Å²) in [6.07, 6.45) is 1.79. The van der Waals surface area contributed by atoms with Crippen LogP contribution in [0.4, 0.5) is 10.1 Å². The molecule has 0 heterocycles. The first-order valence-corrected chi connectivity index (χ1v) is 11.9. The number of hydrogen-bond donors (Lipinski definition) is 0. The second kappa shape index (κ2) is 11.7. The third-order valence-electron chi connectivity index (χ3n) is 4.78. The van der Waals surface area contributed by atoms with Crippen molar-refractivity contribution in [3.05, 3.63) is 112 Å². The van der Waals surface area contributed by atoms with Gasteiger partial charge in [0.05, 0.1) is 15.9 Å². The maximum Gasteiger partial charge on any atom is 0.175 e. The molecule has 0 bridgehead atoms. The average molecular weight is 567 g/mol. The summed E-state index contributed by atoms with van der Waals surface area (Å²) in [5.74, 6) is 2.51. The first-order valence-electron chi connectivity index (χ1n) is 10.8. The minimum absolute atomic E-state index is 0.249. The molecule has 0 aliphatic heterocycles. The summed E-state index contributed by atoms with van der Waals surface area (Å²) >= 11 is 2.21. The molecule has 0 aromatic heterocycles. The van der Waals surface area contributed by atoms with E-state index in [1.807, 2.05) is 79.7 Å². The van der Waals surface area contributed by atoms with Gasteiger partial charge in [0.15, 0.2) is 11.5 Å². The van der Waals surface area contributed by atoms with Crippen molar-refractivity contribution < 1.29 is 18.6 Å². The number of rotatable bonds is 9. The van der Waals surface area contributed by atoms with Crippen LogP contribution in [-0.4, -0.2) is 12.8 Å². The second-order valence-corrected chi connectivity index (χ2v) is 8.51. The summed E-state index contributed by atoms with van der Waals surface area (Å²) in [6.45, 7) is 2.66. The lowest BCUT2D eigenvalue weighted by Crippen LogP contribution is -2.02. The Balaban J connectivity index is 1.47. The summed E-state index contributed by atoms with van der Waals surface area (Å²) < 4.78 is 32.0. The van der Waals surface area contributed by atoms with Gasteiger partial charge in [-0.1, -0.05) is 30.3 Å². The van der Waals surface area contributed by atoms with Crippen LogP contribution in [-0.2, 0) is 6.61 Å². The van der Waals surface area contributed by atoms with E-state index in [0.29, 0.717) is 18.1 Å². The Morgan fingerprint density at radius 3 is 2.35 bits per heavy atom. The van der Waals surface area contributed by atoms with Gasteiger partial charge in [0.1, 0.15) is 23.9 Å². The highest BCUT2D eigenvalue weighted by molar-refractivity contribution is 14.1. The Morgan fingerprint density at radius 2 is 1.62 bits per heavy atom. The second-order valence-electron chi connectivity index (χ2n) is 7.35. The number of ether oxygens (including phenoxy) is 3. The zero-order valence-corrected chi connectivity index (χ0v) is 20.7. The fourth-order valence-electron chi connectivity index (χ4n) is 3.22.